The molecule has 0 spiro atoms. The fourth-order valence-electron chi connectivity index (χ4n) is 2.68. The average Bonchev–Trinajstić information content (AvgIpc) is 2.74. The number of nitrogens with zero attached hydrogens (tertiary/aromatic N) is 1. The smallest absolute Gasteiger partial charge is 0.262 e. The topological polar surface area (TPSA) is 81.7 Å². The van der Waals surface area contributed by atoms with Gasteiger partial charge >= 0.3 is 0 Å². The van der Waals surface area contributed by atoms with Gasteiger partial charge in [0.25, 0.3) is 5.91 Å². The van der Waals surface area contributed by atoms with Gasteiger partial charge in [-0.05, 0) is 48.9 Å². The third-order valence-electron chi connectivity index (χ3n) is 4.09. The number of anilines is 3. The Morgan fingerprint density at radius 3 is 2.41 bits per heavy atom. The van der Waals surface area contributed by atoms with Crippen molar-refractivity contribution in [2.75, 3.05) is 31.5 Å². The molecule has 0 saturated heterocycles. The van der Waals surface area contributed by atoms with Gasteiger partial charge in [-0.1, -0.05) is 18.2 Å². The van der Waals surface area contributed by atoms with Crippen molar-refractivity contribution in [3.63, 3.8) is 0 Å². The fourth-order valence-corrected chi connectivity index (χ4v) is 2.68. The standard InChI is InChI=1S/C22H23N3O4/c1-15-8-10-18(27-2)17(12-15)25-21-11-9-16(13-23-21)24-22(26)14-29-20-7-5-4-6-19(20)28-3/h4-13H,14H2,1-3H3,(H,23,25)(H,24,26). The van der Waals surface area contributed by atoms with E-state index in [0.29, 0.717) is 23.0 Å². The Morgan fingerprint density at radius 2 is 1.72 bits per heavy atom. The monoisotopic (exact) mass is 393 g/mol. The number of benzene rings is 2. The van der Waals surface area contributed by atoms with Crippen LogP contribution in [0.25, 0.3) is 0 Å². The molecule has 0 fully saturated rings. The number of rotatable bonds is 8. The number of ether oxygens (including phenoxy) is 3. The number of hydrogen-bond acceptors (Lipinski definition) is 6. The number of carbonyl (C=O) groups excluding carboxylic acids is 1. The highest BCUT2D eigenvalue weighted by molar-refractivity contribution is 5.91. The first-order valence-corrected chi connectivity index (χ1v) is 9.02. The maximum absolute atomic E-state index is 12.1. The molecule has 7 heteroatoms. The summed E-state index contributed by atoms with van der Waals surface area (Å²) < 4.78 is 16.1. The summed E-state index contributed by atoms with van der Waals surface area (Å²) in [4.78, 5) is 16.5. The van der Waals surface area contributed by atoms with Gasteiger partial charge in [0.2, 0.25) is 0 Å². The van der Waals surface area contributed by atoms with Gasteiger partial charge in [0, 0.05) is 0 Å². The highest BCUT2D eigenvalue weighted by Gasteiger charge is 2.08. The second-order valence-electron chi connectivity index (χ2n) is 6.25. The van der Waals surface area contributed by atoms with Crippen LogP contribution in [0.3, 0.4) is 0 Å². The normalized spacial score (nSPS) is 10.2. The van der Waals surface area contributed by atoms with Crippen LogP contribution < -0.4 is 24.8 Å². The number of aromatic nitrogens is 1. The number of pyridine rings is 1. The molecule has 7 nitrogen and oxygen atoms in total. The first-order valence-electron chi connectivity index (χ1n) is 9.02. The molecule has 0 saturated carbocycles. The van der Waals surface area contributed by atoms with Crippen molar-refractivity contribution >= 4 is 23.1 Å². The molecule has 1 heterocycles. The van der Waals surface area contributed by atoms with Gasteiger partial charge in [-0.15, -0.1) is 0 Å². The van der Waals surface area contributed by atoms with Gasteiger partial charge < -0.3 is 24.8 Å². The van der Waals surface area contributed by atoms with Crippen LogP contribution in [0.4, 0.5) is 17.2 Å². The lowest BCUT2D eigenvalue weighted by Gasteiger charge is -2.12. The summed E-state index contributed by atoms with van der Waals surface area (Å²) in [5.41, 5.74) is 2.50. The number of nitrogens with one attached hydrogen (secondary N) is 2. The minimum absolute atomic E-state index is 0.138. The maximum atomic E-state index is 12.1. The molecule has 0 aliphatic carbocycles. The van der Waals surface area contributed by atoms with Crippen molar-refractivity contribution in [2.24, 2.45) is 0 Å². The lowest BCUT2D eigenvalue weighted by Crippen LogP contribution is -2.20. The molecule has 150 valence electrons. The summed E-state index contributed by atoms with van der Waals surface area (Å²) in [5, 5.41) is 5.97. The van der Waals surface area contributed by atoms with Gasteiger partial charge in [-0.3, -0.25) is 4.79 Å². The Hall–Kier alpha value is -3.74. The number of hydrogen-bond donors (Lipinski definition) is 2. The summed E-state index contributed by atoms with van der Waals surface area (Å²) in [7, 11) is 3.17. The average molecular weight is 393 g/mol. The van der Waals surface area contributed by atoms with Gasteiger partial charge in [0.1, 0.15) is 11.6 Å². The van der Waals surface area contributed by atoms with E-state index in [0.717, 1.165) is 17.0 Å². The summed E-state index contributed by atoms with van der Waals surface area (Å²) in [6.45, 7) is 1.87. The Morgan fingerprint density at radius 1 is 0.966 bits per heavy atom. The van der Waals surface area contributed by atoms with E-state index in [4.69, 9.17) is 14.2 Å². The van der Waals surface area contributed by atoms with Crippen LogP contribution in [-0.4, -0.2) is 31.7 Å². The van der Waals surface area contributed by atoms with Crippen molar-refractivity contribution in [3.05, 3.63) is 66.4 Å². The lowest BCUT2D eigenvalue weighted by atomic mass is 10.2. The second-order valence-corrected chi connectivity index (χ2v) is 6.25. The SMILES string of the molecule is COc1ccc(C)cc1Nc1ccc(NC(=O)COc2ccccc2OC)cn1. The molecule has 0 aliphatic heterocycles. The number of aryl methyl sites for hydroxylation is 1. The number of methoxy groups -OCH3 is 2. The van der Waals surface area contributed by atoms with E-state index in [2.05, 4.69) is 15.6 Å². The zero-order valence-electron chi connectivity index (χ0n) is 16.6. The predicted octanol–water partition coefficient (Wildman–Crippen LogP) is 4.17. The Bertz CT molecular complexity index is 974. The van der Waals surface area contributed by atoms with Crippen molar-refractivity contribution < 1.29 is 19.0 Å². The minimum atomic E-state index is -0.293. The molecule has 3 rings (SSSR count). The van der Waals surface area contributed by atoms with Gasteiger partial charge in [0.05, 0.1) is 31.8 Å². The number of amides is 1. The van der Waals surface area contributed by atoms with Crippen molar-refractivity contribution in [1.29, 1.82) is 0 Å². The Balaban J connectivity index is 1.58. The quantitative estimate of drug-likeness (QED) is 0.598. The van der Waals surface area contributed by atoms with Crippen molar-refractivity contribution in [2.45, 2.75) is 6.92 Å². The lowest BCUT2D eigenvalue weighted by molar-refractivity contribution is -0.118. The highest BCUT2D eigenvalue weighted by atomic mass is 16.5. The van der Waals surface area contributed by atoms with Crippen LogP contribution in [0.5, 0.6) is 17.2 Å². The molecule has 0 unspecified atom stereocenters. The number of carbonyl (C=O) groups is 1. The molecule has 29 heavy (non-hydrogen) atoms. The Labute approximate surface area is 169 Å². The third-order valence-corrected chi connectivity index (χ3v) is 4.09. The van der Waals surface area contributed by atoms with E-state index in [1.807, 2.05) is 37.3 Å². The van der Waals surface area contributed by atoms with E-state index in [1.165, 1.54) is 0 Å². The first kappa shape index (κ1) is 20.0. The molecule has 3 aromatic rings. The van der Waals surface area contributed by atoms with E-state index in [-0.39, 0.29) is 12.5 Å². The predicted molar refractivity (Wildman–Crippen MR) is 112 cm³/mol. The zero-order chi connectivity index (χ0) is 20.6. The van der Waals surface area contributed by atoms with E-state index in [9.17, 15) is 4.79 Å². The van der Waals surface area contributed by atoms with Crippen LogP contribution in [0.2, 0.25) is 0 Å². The van der Waals surface area contributed by atoms with E-state index >= 15 is 0 Å². The molecular formula is C22H23N3O4. The van der Waals surface area contributed by atoms with Gasteiger partial charge in [-0.2, -0.15) is 0 Å². The van der Waals surface area contributed by atoms with Crippen LogP contribution in [0, 0.1) is 6.92 Å². The number of para-hydroxylation sites is 2. The molecule has 0 aliphatic rings. The summed E-state index contributed by atoms with van der Waals surface area (Å²) in [6, 6.07) is 16.5. The first-order chi connectivity index (χ1) is 14.1. The highest BCUT2D eigenvalue weighted by Crippen LogP contribution is 2.28. The van der Waals surface area contributed by atoms with Crippen LogP contribution in [0.1, 0.15) is 5.56 Å². The molecule has 0 radical (unpaired) electrons. The van der Waals surface area contributed by atoms with Crippen LogP contribution in [-0.2, 0) is 4.79 Å². The third kappa shape index (κ3) is 5.38. The molecular weight excluding hydrogens is 370 g/mol. The van der Waals surface area contributed by atoms with Crippen molar-refractivity contribution in [3.8, 4) is 17.2 Å². The molecule has 2 aromatic carbocycles. The van der Waals surface area contributed by atoms with Crippen LogP contribution >= 0.6 is 0 Å². The minimum Gasteiger partial charge on any atom is -0.495 e. The van der Waals surface area contributed by atoms with E-state index in [1.54, 1.807) is 44.7 Å². The van der Waals surface area contributed by atoms with Crippen LogP contribution in [0.15, 0.2) is 60.8 Å². The fraction of sp³-hybridized carbons (Fsp3) is 0.182. The van der Waals surface area contributed by atoms with E-state index < -0.39 is 0 Å². The largest absolute Gasteiger partial charge is 0.495 e. The second kappa shape index (κ2) is 9.45. The molecule has 2 N–H and O–H groups in total. The summed E-state index contributed by atoms with van der Waals surface area (Å²) in [6.07, 6.45) is 1.58. The Kier molecular flexibility index (Phi) is 6.52. The zero-order valence-corrected chi connectivity index (χ0v) is 16.6. The van der Waals surface area contributed by atoms with Gasteiger partial charge in [-0.25, -0.2) is 4.98 Å². The summed E-state index contributed by atoms with van der Waals surface area (Å²) in [5.74, 6) is 2.15. The molecule has 1 aromatic heterocycles. The maximum Gasteiger partial charge on any atom is 0.262 e. The summed E-state index contributed by atoms with van der Waals surface area (Å²) >= 11 is 0. The van der Waals surface area contributed by atoms with Crippen molar-refractivity contribution in [1.82, 2.24) is 4.98 Å². The van der Waals surface area contributed by atoms with Gasteiger partial charge in [0.15, 0.2) is 18.1 Å². The molecule has 0 bridgehead atoms. The molecule has 1 amide bonds. The molecule has 0 atom stereocenters.